The molecule has 0 radical (unpaired) electrons. The molecule has 0 aromatic heterocycles. The highest BCUT2D eigenvalue weighted by molar-refractivity contribution is 7.92. The van der Waals surface area contributed by atoms with Crippen molar-refractivity contribution in [1.29, 1.82) is 0 Å². The van der Waals surface area contributed by atoms with E-state index in [2.05, 4.69) is 58.0 Å². The van der Waals surface area contributed by atoms with Crippen molar-refractivity contribution in [3.05, 3.63) is 107 Å². The highest BCUT2D eigenvalue weighted by Gasteiger charge is 2.52. The predicted molar refractivity (Wildman–Crippen MR) is 181 cm³/mol. The average Bonchev–Trinajstić information content (AvgIpc) is 3.26. The second-order valence-electron chi connectivity index (χ2n) is 12.9. The van der Waals surface area contributed by atoms with E-state index < -0.39 is 36.6 Å². The lowest BCUT2D eigenvalue weighted by Crippen LogP contribution is -2.66. The molecule has 1 saturated heterocycles. The van der Waals surface area contributed by atoms with Gasteiger partial charge in [-0.05, 0) is 63.5 Å². The standard InChI is InChI=1S/C35H43BO6SSi/c1-5-26(22-27-16-19-29(37)20-17-27)18-21-32-34-28(25-43(39,40)33(34)23-36(38)42-32)24-41-44(35(2,3)4,30-12-8-6-9-13-30)31-14-10-7-11-15-31/h6-17,19-20,22,32-33,37-38H,5,18,21,23-25H2,1-4H3/b26-22+/t32-,33+/m1/s1. The Morgan fingerprint density at radius 2 is 1.59 bits per heavy atom. The van der Waals surface area contributed by atoms with Gasteiger partial charge in [0, 0.05) is 6.32 Å². The smallest absolute Gasteiger partial charge is 0.456 e. The van der Waals surface area contributed by atoms with Gasteiger partial charge in [-0.2, -0.15) is 0 Å². The van der Waals surface area contributed by atoms with Crippen LogP contribution in [0.15, 0.2) is 102 Å². The lowest BCUT2D eigenvalue weighted by molar-refractivity contribution is 0.168. The van der Waals surface area contributed by atoms with Crippen LogP contribution >= 0.6 is 0 Å². The summed E-state index contributed by atoms with van der Waals surface area (Å²) in [5.74, 6) is 0.139. The number of phenolic OH excluding ortho intramolecular Hbond substituents is 1. The molecule has 5 rings (SSSR count). The van der Waals surface area contributed by atoms with Crippen LogP contribution in [0, 0.1) is 0 Å². The van der Waals surface area contributed by atoms with Gasteiger partial charge in [0.15, 0.2) is 9.84 Å². The number of benzene rings is 3. The van der Waals surface area contributed by atoms with Crippen LogP contribution < -0.4 is 10.4 Å². The van der Waals surface area contributed by atoms with E-state index in [1.807, 2.05) is 48.5 Å². The zero-order valence-corrected chi connectivity index (χ0v) is 27.9. The maximum Gasteiger partial charge on any atom is 0.456 e. The summed E-state index contributed by atoms with van der Waals surface area (Å²) in [4.78, 5) is 0. The largest absolute Gasteiger partial charge is 0.508 e. The number of fused-ring (bicyclic) bond motifs is 1. The number of phenols is 1. The summed E-state index contributed by atoms with van der Waals surface area (Å²) in [6.45, 7) is 8.91. The summed E-state index contributed by atoms with van der Waals surface area (Å²) in [5.41, 5.74) is 3.71. The third-order valence-corrected chi connectivity index (χ3v) is 16.0. The Hall–Kier alpha value is -2.95. The van der Waals surface area contributed by atoms with Crippen LogP contribution in [0.5, 0.6) is 5.75 Å². The van der Waals surface area contributed by atoms with E-state index >= 15 is 0 Å². The van der Waals surface area contributed by atoms with Crippen molar-refractivity contribution in [2.45, 2.75) is 69.7 Å². The van der Waals surface area contributed by atoms with Gasteiger partial charge in [-0.3, -0.25) is 0 Å². The summed E-state index contributed by atoms with van der Waals surface area (Å²) in [7, 11) is -7.53. The van der Waals surface area contributed by atoms with Crippen LogP contribution in [0.1, 0.15) is 52.5 Å². The van der Waals surface area contributed by atoms with E-state index in [9.17, 15) is 18.5 Å². The summed E-state index contributed by atoms with van der Waals surface area (Å²) >= 11 is 0. The minimum Gasteiger partial charge on any atom is -0.508 e. The highest BCUT2D eigenvalue weighted by Crippen LogP contribution is 2.42. The van der Waals surface area contributed by atoms with Gasteiger partial charge in [-0.1, -0.05) is 112 Å². The van der Waals surface area contributed by atoms with Gasteiger partial charge >= 0.3 is 7.12 Å². The molecule has 2 N–H and O–H groups in total. The molecule has 2 atom stereocenters. The quantitative estimate of drug-likeness (QED) is 0.227. The Morgan fingerprint density at radius 3 is 2.14 bits per heavy atom. The Morgan fingerprint density at radius 1 is 1.00 bits per heavy atom. The summed E-state index contributed by atoms with van der Waals surface area (Å²) < 4.78 is 40.3. The first kappa shape index (κ1) is 32.4. The molecule has 44 heavy (non-hydrogen) atoms. The molecule has 1 fully saturated rings. The lowest BCUT2D eigenvalue weighted by atomic mass is 9.74. The van der Waals surface area contributed by atoms with E-state index in [0.29, 0.717) is 12.8 Å². The molecule has 9 heteroatoms. The maximum atomic E-state index is 13.5. The van der Waals surface area contributed by atoms with E-state index in [1.165, 1.54) is 5.57 Å². The number of hydrogen-bond donors (Lipinski definition) is 2. The van der Waals surface area contributed by atoms with E-state index in [-0.39, 0.29) is 29.5 Å². The predicted octanol–water partition coefficient (Wildman–Crippen LogP) is 5.52. The van der Waals surface area contributed by atoms with Crippen molar-refractivity contribution in [3.8, 4) is 5.75 Å². The molecule has 3 aromatic rings. The molecule has 2 aliphatic heterocycles. The van der Waals surface area contributed by atoms with Gasteiger partial charge in [0.05, 0.1) is 23.7 Å². The van der Waals surface area contributed by atoms with E-state index in [0.717, 1.165) is 33.5 Å². The van der Waals surface area contributed by atoms with Gasteiger partial charge in [0.2, 0.25) is 0 Å². The first-order chi connectivity index (χ1) is 20.9. The van der Waals surface area contributed by atoms with Crippen LogP contribution in [0.25, 0.3) is 6.08 Å². The zero-order chi connectivity index (χ0) is 31.5. The van der Waals surface area contributed by atoms with Gasteiger partial charge in [0.1, 0.15) is 5.75 Å². The molecule has 0 saturated carbocycles. The fourth-order valence-corrected chi connectivity index (χ4v) is 13.5. The molecule has 0 bridgehead atoms. The van der Waals surface area contributed by atoms with Crippen LogP contribution in [-0.4, -0.2) is 57.7 Å². The zero-order valence-electron chi connectivity index (χ0n) is 26.1. The number of aromatic hydroxyl groups is 1. The van der Waals surface area contributed by atoms with Crippen molar-refractivity contribution in [2.24, 2.45) is 0 Å². The molecule has 0 unspecified atom stereocenters. The Balaban J connectivity index is 1.50. The third kappa shape index (κ3) is 6.67. The molecule has 2 aliphatic rings. The van der Waals surface area contributed by atoms with Crippen molar-refractivity contribution in [2.75, 3.05) is 12.4 Å². The molecule has 0 spiro atoms. The molecular weight excluding hydrogens is 587 g/mol. The molecule has 232 valence electrons. The molecule has 2 heterocycles. The second kappa shape index (κ2) is 13.2. The lowest BCUT2D eigenvalue weighted by Gasteiger charge is -2.43. The van der Waals surface area contributed by atoms with Crippen LogP contribution in [0.3, 0.4) is 0 Å². The summed E-state index contributed by atoms with van der Waals surface area (Å²) in [6.07, 6.45) is 3.69. The topological polar surface area (TPSA) is 93.1 Å². The van der Waals surface area contributed by atoms with Gasteiger partial charge in [-0.25, -0.2) is 8.42 Å². The SMILES string of the molecule is CC/C(=C\c1ccc(O)cc1)CC[C@H]1OB(O)C[C@H]2C1=C(CO[Si](c1ccccc1)(c1ccccc1)C(C)(C)C)CS2(=O)=O. The fraction of sp³-hybridized carbons (Fsp3) is 0.371. The Bertz CT molecular complexity index is 1560. The average molecular weight is 631 g/mol. The van der Waals surface area contributed by atoms with Crippen LogP contribution in [-0.2, 0) is 18.9 Å². The maximum absolute atomic E-state index is 13.5. The van der Waals surface area contributed by atoms with Gasteiger partial charge in [-0.15, -0.1) is 0 Å². The minimum absolute atomic E-state index is 0.0425. The summed E-state index contributed by atoms with van der Waals surface area (Å²) in [6, 6.07) is 27.8. The van der Waals surface area contributed by atoms with Crippen molar-refractivity contribution in [3.63, 3.8) is 0 Å². The van der Waals surface area contributed by atoms with Crippen molar-refractivity contribution in [1.82, 2.24) is 0 Å². The van der Waals surface area contributed by atoms with Gasteiger partial charge in [0.25, 0.3) is 8.32 Å². The van der Waals surface area contributed by atoms with Crippen LogP contribution in [0.2, 0.25) is 11.4 Å². The van der Waals surface area contributed by atoms with Crippen molar-refractivity contribution < 1.29 is 27.6 Å². The number of rotatable bonds is 10. The molecular formula is C35H43BO6SSi. The third-order valence-electron chi connectivity index (χ3n) is 8.97. The molecule has 3 aromatic carbocycles. The Labute approximate surface area is 263 Å². The molecule has 6 nitrogen and oxygen atoms in total. The van der Waals surface area contributed by atoms with E-state index in [4.69, 9.17) is 9.08 Å². The van der Waals surface area contributed by atoms with Crippen LogP contribution in [0.4, 0.5) is 0 Å². The number of sulfone groups is 1. The normalized spacial score (nSPS) is 20.6. The highest BCUT2D eigenvalue weighted by atomic mass is 32.2. The molecule has 0 aliphatic carbocycles. The summed E-state index contributed by atoms with van der Waals surface area (Å²) in [5, 5.41) is 21.5. The van der Waals surface area contributed by atoms with Gasteiger partial charge < -0.3 is 19.2 Å². The van der Waals surface area contributed by atoms with Crippen molar-refractivity contribution >= 4 is 41.7 Å². The fourth-order valence-electron chi connectivity index (χ4n) is 6.84. The first-order valence-corrected chi connectivity index (χ1v) is 19.1. The molecule has 0 amide bonds. The number of allylic oxidation sites excluding steroid dienone is 1. The minimum atomic E-state index is -3.51. The Kier molecular flexibility index (Phi) is 9.73. The monoisotopic (exact) mass is 630 g/mol. The second-order valence-corrected chi connectivity index (χ2v) is 19.4. The van der Waals surface area contributed by atoms with E-state index in [1.54, 1.807) is 12.1 Å². The number of hydrogen-bond acceptors (Lipinski definition) is 6. The first-order valence-electron chi connectivity index (χ1n) is 15.4.